The van der Waals surface area contributed by atoms with Crippen LogP contribution in [0.3, 0.4) is 0 Å². The van der Waals surface area contributed by atoms with Crippen molar-refractivity contribution in [3.05, 3.63) is 53.5 Å². The SMILES string of the molecule is COc1ccc(F)cc1C(=O)NCc1ccc(N2CCOCC2)nc1. The zero-order chi connectivity index (χ0) is 17.6. The molecule has 0 spiro atoms. The number of hydrogen-bond donors (Lipinski definition) is 1. The highest BCUT2D eigenvalue weighted by molar-refractivity contribution is 5.96. The number of methoxy groups -OCH3 is 1. The van der Waals surface area contributed by atoms with Gasteiger partial charge in [0.15, 0.2) is 0 Å². The van der Waals surface area contributed by atoms with Gasteiger partial charge in [0.1, 0.15) is 17.4 Å². The summed E-state index contributed by atoms with van der Waals surface area (Å²) < 4.78 is 23.8. The number of carbonyl (C=O) groups excluding carboxylic acids is 1. The number of benzene rings is 1. The number of rotatable bonds is 5. The largest absolute Gasteiger partial charge is 0.496 e. The molecule has 0 unspecified atom stereocenters. The van der Waals surface area contributed by atoms with E-state index in [1.165, 1.54) is 19.2 Å². The minimum Gasteiger partial charge on any atom is -0.496 e. The van der Waals surface area contributed by atoms with Crippen LogP contribution in [-0.4, -0.2) is 44.3 Å². The lowest BCUT2D eigenvalue weighted by molar-refractivity contribution is 0.0947. The van der Waals surface area contributed by atoms with E-state index in [0.29, 0.717) is 25.5 Å². The number of carbonyl (C=O) groups is 1. The van der Waals surface area contributed by atoms with Crippen molar-refractivity contribution < 1.29 is 18.7 Å². The third-order valence-electron chi connectivity index (χ3n) is 4.00. The van der Waals surface area contributed by atoms with Crippen LogP contribution in [0.5, 0.6) is 5.75 Å². The fourth-order valence-corrected chi connectivity index (χ4v) is 2.64. The van der Waals surface area contributed by atoms with E-state index in [1.54, 1.807) is 6.20 Å². The van der Waals surface area contributed by atoms with Gasteiger partial charge in [-0.1, -0.05) is 6.07 Å². The number of anilines is 1. The summed E-state index contributed by atoms with van der Waals surface area (Å²) in [7, 11) is 1.44. The van der Waals surface area contributed by atoms with Crippen LogP contribution in [0.2, 0.25) is 0 Å². The van der Waals surface area contributed by atoms with Crippen LogP contribution < -0.4 is 15.0 Å². The topological polar surface area (TPSA) is 63.7 Å². The first-order valence-electron chi connectivity index (χ1n) is 8.07. The van der Waals surface area contributed by atoms with Crippen LogP contribution in [0.25, 0.3) is 0 Å². The lowest BCUT2D eigenvalue weighted by atomic mass is 10.1. The van der Waals surface area contributed by atoms with Gasteiger partial charge in [0.2, 0.25) is 0 Å². The van der Waals surface area contributed by atoms with E-state index in [-0.39, 0.29) is 5.56 Å². The molecule has 0 radical (unpaired) electrons. The lowest BCUT2D eigenvalue weighted by Gasteiger charge is -2.27. The summed E-state index contributed by atoms with van der Waals surface area (Å²) in [4.78, 5) is 18.9. The highest BCUT2D eigenvalue weighted by Crippen LogP contribution is 2.19. The Balaban J connectivity index is 1.61. The first-order valence-corrected chi connectivity index (χ1v) is 8.07. The maximum Gasteiger partial charge on any atom is 0.255 e. The Labute approximate surface area is 145 Å². The fourth-order valence-electron chi connectivity index (χ4n) is 2.64. The maximum atomic E-state index is 13.4. The Morgan fingerprint density at radius 2 is 2.12 bits per heavy atom. The van der Waals surface area contributed by atoms with Gasteiger partial charge >= 0.3 is 0 Å². The molecule has 0 saturated carbocycles. The van der Waals surface area contributed by atoms with Crippen molar-refractivity contribution in [3.63, 3.8) is 0 Å². The zero-order valence-electron chi connectivity index (χ0n) is 14.0. The molecule has 0 atom stereocenters. The molecule has 2 aromatic rings. The van der Waals surface area contributed by atoms with Gasteiger partial charge < -0.3 is 19.7 Å². The van der Waals surface area contributed by atoms with Crippen LogP contribution >= 0.6 is 0 Å². The highest BCUT2D eigenvalue weighted by atomic mass is 19.1. The van der Waals surface area contributed by atoms with E-state index < -0.39 is 11.7 Å². The number of aromatic nitrogens is 1. The molecule has 1 saturated heterocycles. The van der Waals surface area contributed by atoms with Crippen LogP contribution in [-0.2, 0) is 11.3 Å². The maximum absolute atomic E-state index is 13.4. The van der Waals surface area contributed by atoms with E-state index in [0.717, 1.165) is 30.5 Å². The second-order valence-electron chi connectivity index (χ2n) is 5.65. The number of ether oxygens (including phenoxy) is 2. The minimum absolute atomic E-state index is 0.167. The smallest absolute Gasteiger partial charge is 0.255 e. The average Bonchev–Trinajstić information content (AvgIpc) is 2.67. The molecule has 1 aliphatic heterocycles. The van der Waals surface area contributed by atoms with Gasteiger partial charge in [-0.15, -0.1) is 0 Å². The summed E-state index contributed by atoms with van der Waals surface area (Å²) in [5.41, 5.74) is 1.03. The third kappa shape index (κ3) is 4.24. The fraction of sp³-hybridized carbons (Fsp3) is 0.333. The minimum atomic E-state index is -0.484. The van der Waals surface area contributed by atoms with Crippen molar-refractivity contribution in [3.8, 4) is 5.75 Å². The number of nitrogens with one attached hydrogen (secondary N) is 1. The molecule has 1 N–H and O–H groups in total. The van der Waals surface area contributed by atoms with Gasteiger partial charge in [-0.05, 0) is 29.8 Å². The van der Waals surface area contributed by atoms with Crippen molar-refractivity contribution in [2.45, 2.75) is 6.54 Å². The van der Waals surface area contributed by atoms with E-state index in [1.807, 2.05) is 12.1 Å². The van der Waals surface area contributed by atoms with Gasteiger partial charge in [0.25, 0.3) is 5.91 Å². The monoisotopic (exact) mass is 345 g/mol. The third-order valence-corrected chi connectivity index (χ3v) is 4.00. The van der Waals surface area contributed by atoms with Gasteiger partial charge in [0.05, 0.1) is 25.9 Å². The summed E-state index contributed by atoms with van der Waals surface area (Å²) in [6.07, 6.45) is 1.73. The predicted octanol–water partition coefficient (Wildman–Crippen LogP) is 2.00. The lowest BCUT2D eigenvalue weighted by Crippen LogP contribution is -2.36. The zero-order valence-corrected chi connectivity index (χ0v) is 14.0. The molecule has 6 nitrogen and oxygen atoms in total. The van der Waals surface area contributed by atoms with Crippen LogP contribution in [0.15, 0.2) is 36.5 Å². The molecule has 2 heterocycles. The first kappa shape index (κ1) is 17.2. The van der Waals surface area contributed by atoms with E-state index in [9.17, 15) is 9.18 Å². The first-order chi connectivity index (χ1) is 12.2. The Hall–Kier alpha value is -2.67. The molecule has 1 fully saturated rings. The highest BCUT2D eigenvalue weighted by Gasteiger charge is 2.14. The predicted molar refractivity (Wildman–Crippen MR) is 91.4 cm³/mol. The molecular weight excluding hydrogens is 325 g/mol. The summed E-state index contributed by atoms with van der Waals surface area (Å²) in [5, 5.41) is 2.76. The van der Waals surface area contributed by atoms with Crippen molar-refractivity contribution in [2.75, 3.05) is 38.3 Å². The summed E-state index contributed by atoms with van der Waals surface area (Å²) in [6.45, 7) is 3.35. The number of pyridine rings is 1. The normalized spacial score (nSPS) is 14.2. The molecule has 1 aliphatic rings. The molecule has 3 rings (SSSR count). The summed E-state index contributed by atoms with van der Waals surface area (Å²) in [5.74, 6) is 0.348. The van der Waals surface area contributed by atoms with Crippen molar-refractivity contribution in [1.29, 1.82) is 0 Å². The van der Waals surface area contributed by atoms with E-state index in [4.69, 9.17) is 9.47 Å². The summed E-state index contributed by atoms with van der Waals surface area (Å²) >= 11 is 0. The molecule has 25 heavy (non-hydrogen) atoms. The standard InChI is InChI=1S/C18H20FN3O3/c1-24-16-4-3-14(19)10-15(16)18(23)21-12-13-2-5-17(20-11-13)22-6-8-25-9-7-22/h2-5,10-11H,6-9,12H2,1H3,(H,21,23). The molecular formula is C18H20FN3O3. The molecule has 7 heteroatoms. The second-order valence-corrected chi connectivity index (χ2v) is 5.65. The quantitative estimate of drug-likeness (QED) is 0.898. The second kappa shape index (κ2) is 7.94. The van der Waals surface area contributed by atoms with Crippen LogP contribution in [0.4, 0.5) is 10.2 Å². The van der Waals surface area contributed by atoms with Gasteiger partial charge in [-0.3, -0.25) is 4.79 Å². The van der Waals surface area contributed by atoms with Crippen LogP contribution in [0, 0.1) is 5.82 Å². The molecule has 0 aliphatic carbocycles. The molecule has 0 bridgehead atoms. The molecule has 132 valence electrons. The Morgan fingerprint density at radius 1 is 1.32 bits per heavy atom. The van der Waals surface area contributed by atoms with Crippen molar-refractivity contribution in [2.24, 2.45) is 0 Å². The van der Waals surface area contributed by atoms with Gasteiger partial charge in [-0.2, -0.15) is 0 Å². The number of nitrogens with zero attached hydrogens (tertiary/aromatic N) is 2. The van der Waals surface area contributed by atoms with Gasteiger partial charge in [-0.25, -0.2) is 9.37 Å². The Bertz CT molecular complexity index is 731. The van der Waals surface area contributed by atoms with Crippen molar-refractivity contribution >= 4 is 11.7 Å². The molecule has 1 aromatic heterocycles. The van der Waals surface area contributed by atoms with E-state index >= 15 is 0 Å². The van der Waals surface area contributed by atoms with E-state index in [2.05, 4.69) is 15.2 Å². The van der Waals surface area contributed by atoms with Gasteiger partial charge in [0, 0.05) is 25.8 Å². The average molecular weight is 345 g/mol. The summed E-state index contributed by atoms with van der Waals surface area (Å²) in [6, 6.07) is 7.69. The number of morpholine rings is 1. The van der Waals surface area contributed by atoms with Crippen LogP contribution in [0.1, 0.15) is 15.9 Å². The number of amides is 1. The molecule has 1 amide bonds. The number of hydrogen-bond acceptors (Lipinski definition) is 5. The van der Waals surface area contributed by atoms with Crippen molar-refractivity contribution in [1.82, 2.24) is 10.3 Å². The Morgan fingerprint density at radius 3 is 2.80 bits per heavy atom. The number of halogens is 1. The Kier molecular flexibility index (Phi) is 5.45. The molecule has 1 aromatic carbocycles.